The van der Waals surface area contributed by atoms with Gasteiger partial charge in [-0.15, -0.1) is 13.2 Å². The smallest absolute Gasteiger partial charge is 0.481 e. The second-order valence-electron chi connectivity index (χ2n) is 3.25. The Kier molecular flexibility index (Phi) is 4.54. The number of carbonyl (C=O) groups is 1. The number of nitrogens with zero attached hydrogens (tertiary/aromatic N) is 1. The molecule has 19 heavy (non-hydrogen) atoms. The number of anilines is 1. The predicted octanol–water partition coefficient (Wildman–Crippen LogP) is 2.87. The third-order valence-corrected chi connectivity index (χ3v) is 2.46. The van der Waals surface area contributed by atoms with Crippen LogP contribution in [0.15, 0.2) is 18.2 Å². The van der Waals surface area contributed by atoms with E-state index in [-0.39, 0.29) is 5.75 Å². The average Bonchev–Trinajstić information content (AvgIpc) is 2.53. The van der Waals surface area contributed by atoms with Gasteiger partial charge in [-0.1, -0.05) is 11.3 Å². The van der Waals surface area contributed by atoms with Gasteiger partial charge >= 0.3 is 6.36 Å². The van der Waals surface area contributed by atoms with E-state index in [0.29, 0.717) is 15.3 Å². The highest BCUT2D eigenvalue weighted by Crippen LogP contribution is 2.30. The molecule has 0 radical (unpaired) electrons. The molecule has 0 fully saturated rings. The van der Waals surface area contributed by atoms with Crippen LogP contribution in [0.1, 0.15) is 6.92 Å². The van der Waals surface area contributed by atoms with Gasteiger partial charge in [0.05, 0.1) is 10.2 Å². The molecule has 0 saturated carbocycles. The maximum atomic E-state index is 11.9. The van der Waals surface area contributed by atoms with Gasteiger partial charge in [-0.3, -0.25) is 4.79 Å². The van der Waals surface area contributed by atoms with Gasteiger partial charge in [-0.2, -0.15) is 0 Å². The number of benzene rings is 1. The molecule has 0 aliphatic rings. The molecule has 0 bridgehead atoms. The maximum absolute atomic E-state index is 11.9. The number of halogens is 3. The molecule has 3 N–H and O–H groups in total. The minimum atomic E-state index is -4.68. The molecular weight excluding hydrogens is 285 g/mol. The fraction of sp³-hybridized carbons (Fsp3) is 0.200. The van der Waals surface area contributed by atoms with E-state index in [0.717, 1.165) is 18.3 Å². The highest BCUT2D eigenvalue weighted by molar-refractivity contribution is 7.22. The first kappa shape index (κ1) is 15.0. The number of thiazole rings is 1. The highest BCUT2D eigenvalue weighted by atomic mass is 32.1. The molecule has 0 saturated heterocycles. The molecule has 9 heteroatoms. The van der Waals surface area contributed by atoms with E-state index >= 15 is 0 Å². The summed E-state index contributed by atoms with van der Waals surface area (Å²) in [6.07, 6.45) is -4.68. The molecule has 0 atom stereocenters. The Hall–Kier alpha value is -2.03. The zero-order valence-electron chi connectivity index (χ0n) is 9.56. The van der Waals surface area contributed by atoms with Crippen molar-refractivity contribution in [2.45, 2.75) is 13.3 Å². The number of hydrogen-bond donors (Lipinski definition) is 2. The molecule has 1 heterocycles. The number of ether oxygens (including phenoxy) is 1. The number of aromatic nitrogens is 1. The highest BCUT2D eigenvalue weighted by Gasteiger charge is 2.31. The van der Waals surface area contributed by atoms with Gasteiger partial charge in [0.25, 0.3) is 5.97 Å². The summed E-state index contributed by atoms with van der Waals surface area (Å²) in [5.41, 5.74) is 5.97. The summed E-state index contributed by atoms with van der Waals surface area (Å²) in [5, 5.41) is 7.73. The SMILES string of the molecule is CC(=O)O.Nc1nc2ccc(OC(F)(F)F)cc2s1. The van der Waals surface area contributed by atoms with Gasteiger partial charge < -0.3 is 15.6 Å². The predicted molar refractivity (Wildman–Crippen MR) is 64.0 cm³/mol. The molecule has 104 valence electrons. The van der Waals surface area contributed by atoms with Crippen molar-refractivity contribution in [3.8, 4) is 5.75 Å². The molecule has 1 aromatic heterocycles. The summed E-state index contributed by atoms with van der Waals surface area (Å²) in [6, 6.07) is 3.90. The van der Waals surface area contributed by atoms with Gasteiger partial charge in [0.1, 0.15) is 5.75 Å². The van der Waals surface area contributed by atoms with Crippen molar-refractivity contribution in [1.82, 2.24) is 4.98 Å². The first-order chi connectivity index (χ1) is 8.67. The van der Waals surface area contributed by atoms with Crippen molar-refractivity contribution in [1.29, 1.82) is 0 Å². The standard InChI is InChI=1S/C8H5F3N2OS.C2H4O2/c9-8(10,11)14-4-1-2-5-6(3-4)15-7(12)13-5;1-2(3)4/h1-3H,(H2,12,13);1H3,(H,3,4). The van der Waals surface area contributed by atoms with Crippen LogP contribution in [-0.4, -0.2) is 22.4 Å². The third kappa shape index (κ3) is 5.42. The Morgan fingerprint density at radius 2 is 2.05 bits per heavy atom. The first-order valence-corrected chi connectivity index (χ1v) is 5.60. The van der Waals surface area contributed by atoms with Gasteiger partial charge in [-0.05, 0) is 12.1 Å². The summed E-state index contributed by atoms with van der Waals surface area (Å²) in [7, 11) is 0. The molecule has 0 aliphatic carbocycles. The lowest BCUT2D eigenvalue weighted by Crippen LogP contribution is -2.16. The summed E-state index contributed by atoms with van der Waals surface area (Å²) in [6.45, 7) is 1.08. The van der Waals surface area contributed by atoms with Gasteiger partial charge in [0.2, 0.25) is 0 Å². The molecule has 5 nitrogen and oxygen atoms in total. The monoisotopic (exact) mass is 294 g/mol. The number of carboxylic acids is 1. The van der Waals surface area contributed by atoms with Gasteiger partial charge in [0.15, 0.2) is 5.13 Å². The van der Waals surface area contributed by atoms with Crippen LogP contribution in [0, 0.1) is 0 Å². The summed E-state index contributed by atoms with van der Waals surface area (Å²) in [4.78, 5) is 12.9. The summed E-state index contributed by atoms with van der Waals surface area (Å²) < 4.78 is 40.0. The first-order valence-electron chi connectivity index (χ1n) is 4.79. The van der Waals surface area contributed by atoms with Crippen LogP contribution >= 0.6 is 11.3 Å². The molecule has 0 amide bonds. The van der Waals surface area contributed by atoms with E-state index in [1.54, 1.807) is 0 Å². The number of nitrogen functional groups attached to an aromatic ring is 1. The number of rotatable bonds is 1. The Bertz CT molecular complexity index is 579. The number of fused-ring (bicyclic) bond motifs is 1. The Labute approximate surface area is 109 Å². The van der Waals surface area contributed by atoms with E-state index < -0.39 is 12.3 Å². The van der Waals surface area contributed by atoms with Crippen LogP contribution in [0.3, 0.4) is 0 Å². The molecule has 2 rings (SSSR count). The van der Waals surface area contributed by atoms with Crippen LogP contribution in [0.25, 0.3) is 10.2 Å². The van der Waals surface area contributed by atoms with Crippen molar-refractivity contribution >= 4 is 32.7 Å². The van der Waals surface area contributed by atoms with E-state index in [4.69, 9.17) is 15.6 Å². The second-order valence-corrected chi connectivity index (χ2v) is 4.31. The number of alkyl halides is 3. The molecule has 2 aromatic rings. The van der Waals surface area contributed by atoms with Crippen molar-refractivity contribution in [3.05, 3.63) is 18.2 Å². The van der Waals surface area contributed by atoms with E-state index in [9.17, 15) is 13.2 Å². The van der Waals surface area contributed by atoms with Gasteiger partial charge in [-0.25, -0.2) is 4.98 Å². The molecular formula is C10H9F3N2O3S. The zero-order chi connectivity index (χ0) is 14.6. The lowest BCUT2D eigenvalue weighted by atomic mass is 10.3. The van der Waals surface area contributed by atoms with E-state index in [2.05, 4.69) is 9.72 Å². The molecule has 1 aromatic carbocycles. The molecule has 0 unspecified atom stereocenters. The zero-order valence-corrected chi connectivity index (χ0v) is 10.4. The minimum Gasteiger partial charge on any atom is -0.481 e. The number of aliphatic carboxylic acids is 1. The normalized spacial score (nSPS) is 10.7. The molecule has 0 aliphatic heterocycles. The van der Waals surface area contributed by atoms with Crippen molar-refractivity contribution < 1.29 is 27.8 Å². The van der Waals surface area contributed by atoms with Crippen LogP contribution in [0.4, 0.5) is 18.3 Å². The maximum Gasteiger partial charge on any atom is 0.573 e. The number of carboxylic acid groups (broad SMARTS) is 1. The van der Waals surface area contributed by atoms with Crippen LogP contribution in [0.2, 0.25) is 0 Å². The van der Waals surface area contributed by atoms with Gasteiger partial charge in [0, 0.05) is 13.0 Å². The van der Waals surface area contributed by atoms with Crippen molar-refractivity contribution in [2.24, 2.45) is 0 Å². The van der Waals surface area contributed by atoms with Crippen LogP contribution in [-0.2, 0) is 4.79 Å². The summed E-state index contributed by atoms with van der Waals surface area (Å²) >= 11 is 1.11. The average molecular weight is 294 g/mol. The second kappa shape index (κ2) is 5.74. The fourth-order valence-corrected chi connectivity index (χ4v) is 1.88. The largest absolute Gasteiger partial charge is 0.573 e. The van der Waals surface area contributed by atoms with Crippen molar-refractivity contribution in [3.63, 3.8) is 0 Å². The lowest BCUT2D eigenvalue weighted by molar-refractivity contribution is -0.274. The fourth-order valence-electron chi connectivity index (χ4n) is 1.12. The third-order valence-electron chi connectivity index (χ3n) is 1.61. The van der Waals surface area contributed by atoms with Crippen LogP contribution < -0.4 is 10.5 Å². The lowest BCUT2D eigenvalue weighted by Gasteiger charge is -2.07. The van der Waals surface area contributed by atoms with Crippen molar-refractivity contribution in [2.75, 3.05) is 5.73 Å². The summed E-state index contributed by atoms with van der Waals surface area (Å²) in [5.74, 6) is -1.10. The number of hydrogen-bond acceptors (Lipinski definition) is 5. The Morgan fingerprint density at radius 3 is 2.58 bits per heavy atom. The van der Waals surface area contributed by atoms with E-state index in [1.807, 2.05) is 0 Å². The number of nitrogens with two attached hydrogens (primary N) is 1. The Morgan fingerprint density at radius 1 is 1.47 bits per heavy atom. The quantitative estimate of drug-likeness (QED) is 0.844. The Balaban J connectivity index is 0.000000399. The van der Waals surface area contributed by atoms with E-state index in [1.165, 1.54) is 18.2 Å². The van der Waals surface area contributed by atoms with Crippen LogP contribution in [0.5, 0.6) is 5.75 Å². The minimum absolute atomic E-state index is 0.265. The molecule has 0 spiro atoms. The topological polar surface area (TPSA) is 85.4 Å².